The number of aromatic nitrogens is 1. The minimum Gasteiger partial charge on any atom is -0.312 e. The Morgan fingerprint density at radius 1 is 1.04 bits per heavy atom. The summed E-state index contributed by atoms with van der Waals surface area (Å²) >= 11 is 0. The molecule has 0 radical (unpaired) electrons. The molecule has 0 aliphatic heterocycles. The van der Waals surface area contributed by atoms with Gasteiger partial charge in [-0.25, -0.2) is 13.1 Å². The predicted octanol–water partition coefficient (Wildman–Crippen LogP) is 3.21. The molecule has 3 rings (SSSR count). The normalized spacial score (nSPS) is 12.4. The zero-order chi connectivity index (χ0) is 19.1. The number of nitrogens with zero attached hydrogens (tertiary/aromatic N) is 1. The predicted molar refractivity (Wildman–Crippen MR) is 110 cm³/mol. The van der Waals surface area contributed by atoms with Gasteiger partial charge in [0.05, 0.1) is 4.90 Å². The highest BCUT2D eigenvalue weighted by Crippen LogP contribution is 2.21. The average Bonchev–Trinajstić information content (AvgIpc) is 2.68. The van der Waals surface area contributed by atoms with Crippen molar-refractivity contribution in [1.82, 2.24) is 15.0 Å². The van der Waals surface area contributed by atoms with Crippen LogP contribution in [-0.4, -0.2) is 33.0 Å². The van der Waals surface area contributed by atoms with Crippen molar-refractivity contribution in [2.24, 2.45) is 0 Å². The third kappa shape index (κ3) is 5.23. The van der Waals surface area contributed by atoms with Gasteiger partial charge in [-0.1, -0.05) is 54.1 Å². The molecule has 0 aliphatic carbocycles. The first-order valence-electron chi connectivity index (χ1n) is 8.81. The summed E-state index contributed by atoms with van der Waals surface area (Å²) in [5.41, 5.74) is 2.34. The molecule has 0 saturated heterocycles. The van der Waals surface area contributed by atoms with Gasteiger partial charge in [0.2, 0.25) is 10.0 Å². The average molecular weight is 382 g/mol. The molecular formula is C21H23N3O2S. The molecule has 2 aromatic carbocycles. The Bertz CT molecular complexity index is 1030. The van der Waals surface area contributed by atoms with Gasteiger partial charge in [-0.2, -0.15) is 0 Å². The summed E-state index contributed by atoms with van der Waals surface area (Å²) in [5.74, 6) is 0. The van der Waals surface area contributed by atoms with Crippen LogP contribution in [0.5, 0.6) is 0 Å². The molecule has 0 spiro atoms. The van der Waals surface area contributed by atoms with Gasteiger partial charge < -0.3 is 5.32 Å². The molecule has 0 fully saturated rings. The molecule has 0 saturated carbocycles. The molecular weight excluding hydrogens is 358 g/mol. The van der Waals surface area contributed by atoms with E-state index in [-0.39, 0.29) is 4.90 Å². The van der Waals surface area contributed by atoms with Gasteiger partial charge in [-0.05, 0) is 24.6 Å². The van der Waals surface area contributed by atoms with Crippen molar-refractivity contribution >= 4 is 26.9 Å². The molecule has 0 atom stereocenters. The van der Waals surface area contributed by atoms with Crippen molar-refractivity contribution < 1.29 is 8.42 Å². The Morgan fingerprint density at radius 3 is 2.67 bits per heavy atom. The highest BCUT2D eigenvalue weighted by molar-refractivity contribution is 7.89. The molecule has 27 heavy (non-hydrogen) atoms. The van der Waals surface area contributed by atoms with E-state index in [4.69, 9.17) is 0 Å². The van der Waals surface area contributed by atoms with Crippen molar-refractivity contribution in [3.63, 3.8) is 0 Å². The van der Waals surface area contributed by atoms with E-state index in [1.807, 2.05) is 31.2 Å². The van der Waals surface area contributed by atoms with Crippen LogP contribution in [-0.2, 0) is 10.0 Å². The van der Waals surface area contributed by atoms with E-state index in [0.717, 1.165) is 10.9 Å². The topological polar surface area (TPSA) is 71.1 Å². The Kier molecular flexibility index (Phi) is 6.34. The monoisotopic (exact) mass is 381 g/mol. The van der Waals surface area contributed by atoms with E-state index < -0.39 is 10.0 Å². The number of rotatable bonds is 8. The van der Waals surface area contributed by atoms with Crippen LogP contribution < -0.4 is 10.0 Å². The summed E-state index contributed by atoms with van der Waals surface area (Å²) in [6, 6.07) is 17.0. The molecule has 2 N–H and O–H groups in total. The second-order valence-electron chi connectivity index (χ2n) is 6.33. The highest BCUT2D eigenvalue weighted by atomic mass is 32.2. The number of benzene rings is 2. The van der Waals surface area contributed by atoms with Crippen LogP contribution in [0, 0.1) is 0 Å². The molecule has 0 amide bonds. The Morgan fingerprint density at radius 2 is 1.85 bits per heavy atom. The van der Waals surface area contributed by atoms with Gasteiger partial charge in [0.15, 0.2) is 0 Å². The number of fused-ring (bicyclic) bond motifs is 1. The molecule has 1 aromatic heterocycles. The third-order valence-corrected chi connectivity index (χ3v) is 5.66. The van der Waals surface area contributed by atoms with Crippen LogP contribution in [0.2, 0.25) is 0 Å². The largest absolute Gasteiger partial charge is 0.312 e. The second kappa shape index (κ2) is 8.90. The lowest BCUT2D eigenvalue weighted by molar-refractivity contribution is 0.579. The second-order valence-corrected chi connectivity index (χ2v) is 8.06. The summed E-state index contributed by atoms with van der Waals surface area (Å²) in [6.45, 7) is 3.62. The summed E-state index contributed by atoms with van der Waals surface area (Å²) in [6.07, 6.45) is 5.38. The van der Waals surface area contributed by atoms with Crippen molar-refractivity contribution in [1.29, 1.82) is 0 Å². The first kappa shape index (κ1) is 19.2. The maximum absolute atomic E-state index is 12.6. The minimum atomic E-state index is -3.57. The third-order valence-electron chi connectivity index (χ3n) is 4.14. The fourth-order valence-electron chi connectivity index (χ4n) is 2.85. The first-order chi connectivity index (χ1) is 13.1. The minimum absolute atomic E-state index is 0.280. The van der Waals surface area contributed by atoms with Crippen LogP contribution in [0.3, 0.4) is 0 Å². The number of pyridine rings is 1. The zero-order valence-electron chi connectivity index (χ0n) is 15.2. The van der Waals surface area contributed by atoms with Gasteiger partial charge in [-0.3, -0.25) is 4.98 Å². The molecule has 0 unspecified atom stereocenters. The Hall–Kier alpha value is -2.54. The molecule has 0 aliphatic rings. The fraction of sp³-hybridized carbons (Fsp3) is 0.190. The van der Waals surface area contributed by atoms with E-state index in [1.165, 1.54) is 5.57 Å². The van der Waals surface area contributed by atoms with E-state index in [2.05, 4.69) is 33.2 Å². The van der Waals surface area contributed by atoms with E-state index in [9.17, 15) is 8.42 Å². The summed E-state index contributed by atoms with van der Waals surface area (Å²) in [7, 11) is -3.57. The number of hydrogen-bond donors (Lipinski definition) is 2. The molecule has 5 nitrogen and oxygen atoms in total. The van der Waals surface area contributed by atoms with Crippen molar-refractivity contribution in [3.8, 4) is 0 Å². The van der Waals surface area contributed by atoms with Crippen molar-refractivity contribution in [2.45, 2.75) is 11.8 Å². The number of hydrogen-bond acceptors (Lipinski definition) is 4. The summed E-state index contributed by atoms with van der Waals surface area (Å²) in [5, 5.41) is 4.74. The summed E-state index contributed by atoms with van der Waals surface area (Å²) in [4.78, 5) is 4.32. The lowest BCUT2D eigenvalue weighted by atomic mass is 10.1. The quantitative estimate of drug-likeness (QED) is 0.588. The van der Waals surface area contributed by atoms with Crippen LogP contribution in [0.15, 0.2) is 77.5 Å². The SMILES string of the molecule is C/C(=C/c1ccccc1)CNCCNS(=O)(=O)c1cccc2cnccc12. The van der Waals surface area contributed by atoms with E-state index >= 15 is 0 Å². The molecule has 1 heterocycles. The van der Waals surface area contributed by atoms with Gasteiger partial charge in [-0.15, -0.1) is 0 Å². The van der Waals surface area contributed by atoms with Crippen LogP contribution >= 0.6 is 0 Å². The van der Waals surface area contributed by atoms with Gasteiger partial charge in [0.25, 0.3) is 0 Å². The Labute approximate surface area is 160 Å². The first-order valence-corrected chi connectivity index (χ1v) is 10.3. The summed E-state index contributed by atoms with van der Waals surface area (Å²) < 4.78 is 27.9. The standard InChI is InChI=1S/C21H23N3O2S/c1-17(14-18-6-3-2-4-7-18)15-23-12-13-24-27(25,26)21-9-5-8-19-16-22-11-10-20(19)21/h2-11,14,16,23-24H,12-13,15H2,1H3/b17-14-. The van der Waals surface area contributed by atoms with Gasteiger partial charge in [0, 0.05) is 42.8 Å². The van der Waals surface area contributed by atoms with Gasteiger partial charge >= 0.3 is 0 Å². The zero-order valence-corrected chi connectivity index (χ0v) is 16.0. The Balaban J connectivity index is 1.53. The maximum atomic E-state index is 12.6. The fourth-order valence-corrected chi connectivity index (χ4v) is 4.11. The number of nitrogens with one attached hydrogen (secondary N) is 2. The van der Waals surface area contributed by atoms with Crippen LogP contribution in [0.25, 0.3) is 16.8 Å². The lowest BCUT2D eigenvalue weighted by Gasteiger charge is -2.10. The smallest absolute Gasteiger partial charge is 0.241 e. The van der Waals surface area contributed by atoms with Crippen molar-refractivity contribution in [3.05, 3.63) is 78.1 Å². The van der Waals surface area contributed by atoms with Crippen molar-refractivity contribution in [2.75, 3.05) is 19.6 Å². The van der Waals surface area contributed by atoms with E-state index in [1.54, 1.807) is 30.6 Å². The molecule has 0 bridgehead atoms. The molecule has 3 aromatic rings. The lowest BCUT2D eigenvalue weighted by Crippen LogP contribution is -2.32. The molecule has 6 heteroatoms. The highest BCUT2D eigenvalue weighted by Gasteiger charge is 2.16. The number of sulfonamides is 1. The van der Waals surface area contributed by atoms with Gasteiger partial charge in [0.1, 0.15) is 0 Å². The maximum Gasteiger partial charge on any atom is 0.241 e. The van der Waals surface area contributed by atoms with Crippen LogP contribution in [0.1, 0.15) is 12.5 Å². The molecule has 140 valence electrons. The van der Waals surface area contributed by atoms with Crippen LogP contribution in [0.4, 0.5) is 0 Å². The van der Waals surface area contributed by atoms with E-state index in [0.29, 0.717) is 25.0 Å².